The molecule has 10 heteroatoms. The molecular formula is C19H25N7O3. The van der Waals surface area contributed by atoms with Gasteiger partial charge in [-0.3, -0.25) is 14.5 Å². The van der Waals surface area contributed by atoms with Crippen LogP contribution in [0.3, 0.4) is 0 Å². The van der Waals surface area contributed by atoms with E-state index >= 15 is 0 Å². The SMILES string of the molecule is O=C(CN1CCN(C(=O)Cn2nnc(COc3ccccc3)n2)CC1)NC1CC1. The molecule has 2 aliphatic rings. The molecule has 0 unspecified atom stereocenters. The fourth-order valence-electron chi connectivity index (χ4n) is 3.15. The van der Waals surface area contributed by atoms with Crippen molar-refractivity contribution in [2.75, 3.05) is 32.7 Å². The zero-order valence-corrected chi connectivity index (χ0v) is 16.2. The standard InChI is InChI=1S/C19H25N7O3/c27-18(20-15-6-7-15)12-24-8-10-25(11-9-24)19(28)13-26-22-17(21-23-26)14-29-16-4-2-1-3-5-16/h1-5,15H,6-14H2,(H,20,27). The van der Waals surface area contributed by atoms with Gasteiger partial charge in [0.15, 0.2) is 6.61 Å². The first-order chi connectivity index (χ1) is 14.2. The molecule has 10 nitrogen and oxygen atoms in total. The van der Waals surface area contributed by atoms with Crippen molar-refractivity contribution in [1.82, 2.24) is 35.3 Å². The second-order valence-corrected chi connectivity index (χ2v) is 7.34. The molecule has 0 spiro atoms. The number of hydrogen-bond acceptors (Lipinski definition) is 7. The Balaban J connectivity index is 1.19. The van der Waals surface area contributed by atoms with Crippen LogP contribution in [0.4, 0.5) is 0 Å². The number of amides is 2. The van der Waals surface area contributed by atoms with Crippen LogP contribution >= 0.6 is 0 Å². The van der Waals surface area contributed by atoms with Crippen LogP contribution in [0.25, 0.3) is 0 Å². The van der Waals surface area contributed by atoms with Gasteiger partial charge in [-0.1, -0.05) is 18.2 Å². The number of hydrogen-bond donors (Lipinski definition) is 1. The summed E-state index contributed by atoms with van der Waals surface area (Å²) in [6, 6.07) is 9.76. The maximum atomic E-state index is 12.5. The highest BCUT2D eigenvalue weighted by molar-refractivity contribution is 5.79. The van der Waals surface area contributed by atoms with E-state index < -0.39 is 0 Å². The summed E-state index contributed by atoms with van der Waals surface area (Å²) in [6.45, 7) is 3.19. The maximum Gasteiger partial charge on any atom is 0.246 e. The third-order valence-corrected chi connectivity index (χ3v) is 4.92. The van der Waals surface area contributed by atoms with Crippen LogP contribution in [-0.4, -0.2) is 80.6 Å². The number of piperazine rings is 1. The number of rotatable bonds is 8. The van der Waals surface area contributed by atoms with Gasteiger partial charge in [-0.05, 0) is 30.2 Å². The van der Waals surface area contributed by atoms with Gasteiger partial charge in [0.1, 0.15) is 12.3 Å². The number of ether oxygens (including phenoxy) is 1. The van der Waals surface area contributed by atoms with Crippen molar-refractivity contribution in [3.63, 3.8) is 0 Å². The fraction of sp³-hybridized carbons (Fsp3) is 0.526. The fourth-order valence-corrected chi connectivity index (χ4v) is 3.15. The molecule has 1 aromatic heterocycles. The summed E-state index contributed by atoms with van der Waals surface area (Å²) in [7, 11) is 0. The Morgan fingerprint density at radius 3 is 2.55 bits per heavy atom. The molecule has 2 aromatic rings. The van der Waals surface area contributed by atoms with Crippen LogP contribution in [0.2, 0.25) is 0 Å². The molecule has 0 radical (unpaired) electrons. The molecule has 1 aromatic carbocycles. The van der Waals surface area contributed by atoms with Gasteiger partial charge in [0, 0.05) is 32.2 Å². The molecule has 1 saturated carbocycles. The van der Waals surface area contributed by atoms with Crippen molar-refractivity contribution in [2.45, 2.75) is 32.0 Å². The minimum atomic E-state index is -0.0555. The van der Waals surface area contributed by atoms with E-state index in [2.05, 4.69) is 25.6 Å². The van der Waals surface area contributed by atoms with Crippen molar-refractivity contribution in [3.05, 3.63) is 36.2 Å². The summed E-state index contributed by atoms with van der Waals surface area (Å²) in [4.78, 5) is 29.5. The summed E-state index contributed by atoms with van der Waals surface area (Å²) in [5, 5.41) is 15.1. The van der Waals surface area contributed by atoms with Crippen molar-refractivity contribution >= 4 is 11.8 Å². The number of carbonyl (C=O) groups excluding carboxylic acids is 2. The average molecular weight is 399 g/mol. The van der Waals surface area contributed by atoms with E-state index in [-0.39, 0.29) is 25.0 Å². The van der Waals surface area contributed by atoms with Gasteiger partial charge in [-0.25, -0.2) is 0 Å². The molecule has 154 valence electrons. The number of benzene rings is 1. The van der Waals surface area contributed by atoms with E-state index in [9.17, 15) is 9.59 Å². The Hall–Kier alpha value is -3.01. The molecular weight excluding hydrogens is 374 g/mol. The van der Waals surface area contributed by atoms with Crippen LogP contribution in [0.5, 0.6) is 5.75 Å². The number of para-hydroxylation sites is 1. The zero-order valence-electron chi connectivity index (χ0n) is 16.2. The molecule has 29 heavy (non-hydrogen) atoms. The Labute approximate surface area is 168 Å². The first kappa shape index (κ1) is 19.3. The van der Waals surface area contributed by atoms with Gasteiger partial charge in [-0.2, -0.15) is 4.80 Å². The lowest BCUT2D eigenvalue weighted by Crippen LogP contribution is -2.52. The smallest absolute Gasteiger partial charge is 0.246 e. The summed E-state index contributed by atoms with van der Waals surface area (Å²) >= 11 is 0. The predicted octanol–water partition coefficient (Wildman–Crippen LogP) is -0.325. The quantitative estimate of drug-likeness (QED) is 0.648. The van der Waals surface area contributed by atoms with Crippen LogP contribution in [0, 0.1) is 0 Å². The third kappa shape index (κ3) is 5.74. The Morgan fingerprint density at radius 2 is 1.83 bits per heavy atom. The highest BCUT2D eigenvalue weighted by Crippen LogP contribution is 2.18. The summed E-state index contributed by atoms with van der Waals surface area (Å²) in [6.07, 6.45) is 2.18. The first-order valence-corrected chi connectivity index (χ1v) is 9.90. The molecule has 2 heterocycles. The predicted molar refractivity (Wildman–Crippen MR) is 103 cm³/mol. The molecule has 2 amide bonds. The molecule has 1 aliphatic carbocycles. The van der Waals surface area contributed by atoms with Crippen LogP contribution < -0.4 is 10.1 Å². The highest BCUT2D eigenvalue weighted by Gasteiger charge is 2.26. The first-order valence-electron chi connectivity index (χ1n) is 9.90. The van der Waals surface area contributed by atoms with E-state index in [0.717, 1.165) is 18.6 Å². The zero-order chi connectivity index (χ0) is 20.1. The topological polar surface area (TPSA) is 105 Å². The van der Waals surface area contributed by atoms with Gasteiger partial charge in [0.2, 0.25) is 17.6 Å². The van der Waals surface area contributed by atoms with Gasteiger partial charge in [-0.15, -0.1) is 10.2 Å². The van der Waals surface area contributed by atoms with E-state index in [1.54, 1.807) is 4.90 Å². The largest absolute Gasteiger partial charge is 0.485 e. The van der Waals surface area contributed by atoms with Gasteiger partial charge >= 0.3 is 0 Å². The Morgan fingerprint density at radius 1 is 1.07 bits per heavy atom. The normalized spacial score (nSPS) is 17.2. The molecule has 0 atom stereocenters. The Kier molecular flexibility index (Phi) is 5.99. The molecule has 1 N–H and O–H groups in total. The van der Waals surface area contributed by atoms with Crippen LogP contribution in [0.15, 0.2) is 30.3 Å². The lowest BCUT2D eigenvalue weighted by Gasteiger charge is -2.34. The lowest BCUT2D eigenvalue weighted by molar-refractivity contribution is -0.134. The average Bonchev–Trinajstić information content (AvgIpc) is 3.43. The molecule has 4 rings (SSSR count). The van der Waals surface area contributed by atoms with Crippen molar-refractivity contribution in [2.24, 2.45) is 0 Å². The number of tetrazole rings is 1. The van der Waals surface area contributed by atoms with E-state index in [4.69, 9.17) is 4.74 Å². The molecule has 0 bridgehead atoms. The lowest BCUT2D eigenvalue weighted by atomic mass is 10.3. The number of carbonyl (C=O) groups is 2. The maximum absolute atomic E-state index is 12.5. The Bertz CT molecular complexity index is 829. The van der Waals surface area contributed by atoms with Crippen molar-refractivity contribution in [3.8, 4) is 5.75 Å². The minimum Gasteiger partial charge on any atom is -0.485 e. The highest BCUT2D eigenvalue weighted by atomic mass is 16.5. The molecule has 1 aliphatic heterocycles. The number of aromatic nitrogens is 4. The number of nitrogens with zero attached hydrogens (tertiary/aromatic N) is 6. The monoisotopic (exact) mass is 399 g/mol. The van der Waals surface area contributed by atoms with Crippen LogP contribution in [-0.2, 0) is 22.7 Å². The molecule has 1 saturated heterocycles. The summed E-state index contributed by atoms with van der Waals surface area (Å²) in [5.74, 6) is 1.17. The van der Waals surface area contributed by atoms with Gasteiger partial charge in [0.25, 0.3) is 0 Å². The second-order valence-electron chi connectivity index (χ2n) is 7.34. The third-order valence-electron chi connectivity index (χ3n) is 4.92. The summed E-state index contributed by atoms with van der Waals surface area (Å²) in [5.41, 5.74) is 0. The van der Waals surface area contributed by atoms with Gasteiger partial charge in [0.05, 0.1) is 6.54 Å². The van der Waals surface area contributed by atoms with E-state index in [1.165, 1.54) is 4.80 Å². The summed E-state index contributed by atoms with van der Waals surface area (Å²) < 4.78 is 5.59. The minimum absolute atomic E-state index is 0.0422. The number of nitrogens with one attached hydrogen (secondary N) is 1. The van der Waals surface area contributed by atoms with Crippen molar-refractivity contribution < 1.29 is 14.3 Å². The molecule has 2 fully saturated rings. The van der Waals surface area contributed by atoms with E-state index in [1.807, 2.05) is 30.3 Å². The van der Waals surface area contributed by atoms with Crippen LogP contribution in [0.1, 0.15) is 18.7 Å². The van der Waals surface area contributed by atoms with Gasteiger partial charge < -0.3 is 15.0 Å². The second kappa shape index (κ2) is 8.99. The van der Waals surface area contributed by atoms with E-state index in [0.29, 0.717) is 44.6 Å². The van der Waals surface area contributed by atoms with Crippen molar-refractivity contribution in [1.29, 1.82) is 0 Å².